The lowest BCUT2D eigenvalue weighted by atomic mass is 10.1. The zero-order chi connectivity index (χ0) is 16.2. The Morgan fingerprint density at radius 3 is 2.65 bits per heavy atom. The predicted octanol–water partition coefficient (Wildman–Crippen LogP) is 3.21. The minimum absolute atomic E-state index is 0.308. The van der Waals surface area contributed by atoms with Crippen LogP contribution in [0.15, 0.2) is 60.7 Å². The van der Waals surface area contributed by atoms with Crippen molar-refractivity contribution in [2.24, 2.45) is 7.05 Å². The normalized spacial score (nSPS) is 10.1. The van der Waals surface area contributed by atoms with Gasteiger partial charge in [0.2, 0.25) is 0 Å². The van der Waals surface area contributed by atoms with E-state index in [1.165, 1.54) is 0 Å². The first-order valence-corrected chi connectivity index (χ1v) is 7.08. The van der Waals surface area contributed by atoms with Crippen LogP contribution < -0.4 is 5.32 Å². The molecule has 0 saturated carbocycles. The molecule has 1 N–H and O–H groups in total. The maximum Gasteiger partial charge on any atom is 0.276 e. The van der Waals surface area contributed by atoms with Crippen LogP contribution in [-0.2, 0) is 7.05 Å². The van der Waals surface area contributed by atoms with Gasteiger partial charge in [0.05, 0.1) is 17.3 Å². The molecule has 5 nitrogen and oxygen atoms in total. The smallest absolute Gasteiger partial charge is 0.276 e. The van der Waals surface area contributed by atoms with E-state index in [1.807, 2.05) is 36.4 Å². The highest BCUT2D eigenvalue weighted by Crippen LogP contribution is 2.20. The van der Waals surface area contributed by atoms with Crippen molar-refractivity contribution >= 4 is 11.6 Å². The second-order valence-electron chi connectivity index (χ2n) is 5.05. The summed E-state index contributed by atoms with van der Waals surface area (Å²) in [6, 6.07) is 20.3. The van der Waals surface area contributed by atoms with Crippen molar-refractivity contribution in [3.8, 4) is 17.3 Å². The Morgan fingerprint density at radius 2 is 1.91 bits per heavy atom. The Kier molecular flexibility index (Phi) is 3.89. The van der Waals surface area contributed by atoms with E-state index >= 15 is 0 Å². The Morgan fingerprint density at radius 1 is 1.13 bits per heavy atom. The van der Waals surface area contributed by atoms with Crippen LogP contribution in [0.2, 0.25) is 0 Å². The summed E-state index contributed by atoms with van der Waals surface area (Å²) in [6.45, 7) is 0. The molecule has 2 aromatic carbocycles. The van der Waals surface area contributed by atoms with Crippen LogP contribution in [0.3, 0.4) is 0 Å². The number of carbonyl (C=O) groups is 1. The minimum atomic E-state index is -0.308. The number of benzene rings is 2. The Labute approximate surface area is 133 Å². The van der Waals surface area contributed by atoms with Gasteiger partial charge in [-0.3, -0.25) is 9.48 Å². The maximum absolute atomic E-state index is 12.3. The van der Waals surface area contributed by atoms with Crippen molar-refractivity contribution < 1.29 is 4.79 Å². The van der Waals surface area contributed by atoms with E-state index in [9.17, 15) is 4.79 Å². The van der Waals surface area contributed by atoms with E-state index in [2.05, 4.69) is 10.4 Å². The molecule has 5 heteroatoms. The fourth-order valence-electron chi connectivity index (χ4n) is 2.32. The van der Waals surface area contributed by atoms with Gasteiger partial charge >= 0.3 is 0 Å². The van der Waals surface area contributed by atoms with Gasteiger partial charge in [-0.05, 0) is 29.8 Å². The number of anilines is 1. The van der Waals surface area contributed by atoms with Gasteiger partial charge in [-0.15, -0.1) is 0 Å². The van der Waals surface area contributed by atoms with Crippen LogP contribution in [0.4, 0.5) is 5.69 Å². The number of hydrogen-bond donors (Lipinski definition) is 1. The van der Waals surface area contributed by atoms with E-state index in [1.54, 1.807) is 42.1 Å². The molecule has 0 aliphatic rings. The third-order valence-electron chi connectivity index (χ3n) is 3.43. The topological polar surface area (TPSA) is 70.7 Å². The van der Waals surface area contributed by atoms with Crippen molar-refractivity contribution in [3.05, 3.63) is 71.9 Å². The number of hydrogen-bond acceptors (Lipinski definition) is 3. The molecule has 0 bridgehead atoms. The van der Waals surface area contributed by atoms with E-state index in [0.29, 0.717) is 16.9 Å². The molecule has 1 aromatic heterocycles. The molecule has 1 heterocycles. The number of nitriles is 1. The van der Waals surface area contributed by atoms with Crippen LogP contribution in [0.1, 0.15) is 16.1 Å². The zero-order valence-electron chi connectivity index (χ0n) is 12.5. The number of aryl methyl sites for hydroxylation is 1. The molecule has 3 aromatic rings. The zero-order valence-corrected chi connectivity index (χ0v) is 12.5. The minimum Gasteiger partial charge on any atom is -0.321 e. The van der Waals surface area contributed by atoms with Gasteiger partial charge in [-0.2, -0.15) is 10.4 Å². The van der Waals surface area contributed by atoms with Crippen molar-refractivity contribution in [1.82, 2.24) is 9.78 Å². The van der Waals surface area contributed by atoms with E-state index in [0.717, 1.165) is 11.3 Å². The Balaban J connectivity index is 1.85. The third-order valence-corrected chi connectivity index (χ3v) is 3.43. The average molecular weight is 302 g/mol. The summed E-state index contributed by atoms with van der Waals surface area (Å²) < 4.78 is 1.68. The number of nitrogens with one attached hydrogen (secondary N) is 1. The summed E-state index contributed by atoms with van der Waals surface area (Å²) in [5.41, 5.74) is 3.25. The van der Waals surface area contributed by atoms with Crippen molar-refractivity contribution in [3.63, 3.8) is 0 Å². The number of rotatable bonds is 3. The van der Waals surface area contributed by atoms with E-state index < -0.39 is 0 Å². The van der Waals surface area contributed by atoms with Crippen LogP contribution in [0.25, 0.3) is 11.3 Å². The molecule has 0 saturated heterocycles. The molecular weight excluding hydrogens is 288 g/mol. The molecule has 112 valence electrons. The van der Waals surface area contributed by atoms with Crippen molar-refractivity contribution in [1.29, 1.82) is 5.26 Å². The summed E-state index contributed by atoms with van der Waals surface area (Å²) >= 11 is 0. The molecule has 0 atom stereocenters. The quantitative estimate of drug-likeness (QED) is 0.807. The second-order valence-corrected chi connectivity index (χ2v) is 5.05. The largest absolute Gasteiger partial charge is 0.321 e. The SMILES string of the molecule is Cn1nc(C(=O)Nc2cccc(C#N)c2)cc1-c1ccccc1. The van der Waals surface area contributed by atoms with Gasteiger partial charge in [-0.1, -0.05) is 36.4 Å². The highest BCUT2D eigenvalue weighted by molar-refractivity contribution is 6.03. The lowest BCUT2D eigenvalue weighted by Gasteiger charge is -2.02. The van der Waals surface area contributed by atoms with Gasteiger partial charge in [0.1, 0.15) is 0 Å². The highest BCUT2D eigenvalue weighted by atomic mass is 16.1. The molecule has 23 heavy (non-hydrogen) atoms. The first-order chi connectivity index (χ1) is 11.2. The predicted molar refractivity (Wildman–Crippen MR) is 87.8 cm³/mol. The van der Waals surface area contributed by atoms with Gasteiger partial charge < -0.3 is 5.32 Å². The molecule has 0 unspecified atom stereocenters. The van der Waals surface area contributed by atoms with Crippen molar-refractivity contribution in [2.45, 2.75) is 0 Å². The summed E-state index contributed by atoms with van der Waals surface area (Å²) in [5.74, 6) is -0.308. The first kappa shape index (κ1) is 14.5. The summed E-state index contributed by atoms with van der Waals surface area (Å²) in [4.78, 5) is 12.3. The molecule has 1 amide bonds. The standard InChI is InChI=1S/C18H14N4O/c1-22-17(14-7-3-2-4-8-14)11-16(21-22)18(23)20-15-9-5-6-13(10-15)12-19/h2-11H,1H3,(H,20,23). The van der Waals surface area contributed by atoms with Crippen LogP contribution >= 0.6 is 0 Å². The lowest BCUT2D eigenvalue weighted by Crippen LogP contribution is -2.13. The summed E-state index contributed by atoms with van der Waals surface area (Å²) in [6.07, 6.45) is 0. The number of amides is 1. The van der Waals surface area contributed by atoms with Gasteiger partial charge in [-0.25, -0.2) is 0 Å². The maximum atomic E-state index is 12.3. The lowest BCUT2D eigenvalue weighted by molar-refractivity contribution is 0.102. The number of carbonyl (C=O) groups excluding carboxylic acids is 1. The molecule has 0 spiro atoms. The molecular formula is C18H14N4O. The highest BCUT2D eigenvalue weighted by Gasteiger charge is 2.14. The molecule has 0 radical (unpaired) electrons. The van der Waals surface area contributed by atoms with E-state index in [4.69, 9.17) is 5.26 Å². The molecule has 0 aliphatic heterocycles. The summed E-state index contributed by atoms with van der Waals surface area (Å²) in [5, 5.41) is 15.9. The fraction of sp³-hybridized carbons (Fsp3) is 0.0556. The van der Waals surface area contributed by atoms with Gasteiger partial charge in [0.15, 0.2) is 5.69 Å². The van der Waals surface area contributed by atoms with Crippen molar-refractivity contribution in [2.75, 3.05) is 5.32 Å². The molecule has 3 rings (SSSR count). The molecule has 0 fully saturated rings. The van der Waals surface area contributed by atoms with Gasteiger partial charge in [0, 0.05) is 12.7 Å². The average Bonchev–Trinajstić information content (AvgIpc) is 2.98. The van der Waals surface area contributed by atoms with Gasteiger partial charge in [0.25, 0.3) is 5.91 Å². The van der Waals surface area contributed by atoms with Crippen LogP contribution in [0.5, 0.6) is 0 Å². The van der Waals surface area contributed by atoms with Crippen LogP contribution in [0, 0.1) is 11.3 Å². The van der Waals surface area contributed by atoms with Crippen LogP contribution in [-0.4, -0.2) is 15.7 Å². The third kappa shape index (κ3) is 3.11. The Hall–Kier alpha value is -3.39. The second kappa shape index (κ2) is 6.16. The molecule has 0 aliphatic carbocycles. The Bertz CT molecular complexity index is 891. The number of aromatic nitrogens is 2. The van der Waals surface area contributed by atoms with E-state index in [-0.39, 0.29) is 5.91 Å². The monoisotopic (exact) mass is 302 g/mol. The summed E-state index contributed by atoms with van der Waals surface area (Å²) in [7, 11) is 1.80. The first-order valence-electron chi connectivity index (χ1n) is 7.08. The fourth-order valence-corrected chi connectivity index (χ4v) is 2.32. The number of nitrogens with zero attached hydrogens (tertiary/aromatic N) is 3.